The highest BCUT2D eigenvalue weighted by molar-refractivity contribution is 14.1. The number of thiophene rings is 1. The first-order chi connectivity index (χ1) is 9.38. The third-order valence-corrected chi connectivity index (χ3v) is 5.00. The summed E-state index contributed by atoms with van der Waals surface area (Å²) in [5.74, 6) is -0.0408. The molecule has 20 heavy (non-hydrogen) atoms. The minimum absolute atomic E-state index is 0.0473. The van der Waals surface area contributed by atoms with Crippen molar-refractivity contribution in [2.45, 2.75) is 26.8 Å². The number of carbonyl (C=O) groups excluding carboxylic acids is 1. The van der Waals surface area contributed by atoms with Crippen LogP contribution in [0.2, 0.25) is 0 Å². The fourth-order valence-electron chi connectivity index (χ4n) is 2.09. The van der Waals surface area contributed by atoms with Crippen molar-refractivity contribution in [3.8, 4) is 5.75 Å². The van der Waals surface area contributed by atoms with E-state index in [0.717, 1.165) is 9.13 Å². The third-order valence-electron chi connectivity index (χ3n) is 3.10. The molecule has 0 saturated heterocycles. The first kappa shape index (κ1) is 15.3. The first-order valence-electron chi connectivity index (χ1n) is 6.25. The monoisotopic (exact) mass is 401 g/mol. The van der Waals surface area contributed by atoms with Gasteiger partial charge in [-0.2, -0.15) is 0 Å². The molecule has 2 N–H and O–H groups in total. The van der Waals surface area contributed by atoms with Crippen LogP contribution >= 0.6 is 33.9 Å². The van der Waals surface area contributed by atoms with E-state index in [9.17, 15) is 9.90 Å². The molecule has 1 unspecified atom stereocenters. The zero-order valence-electron chi connectivity index (χ0n) is 11.5. The lowest BCUT2D eigenvalue weighted by molar-refractivity contribution is 0.0939. The fourth-order valence-corrected chi connectivity index (χ4v) is 3.45. The second-order valence-electron chi connectivity index (χ2n) is 4.73. The van der Waals surface area contributed by atoms with Crippen LogP contribution in [-0.4, -0.2) is 11.0 Å². The minimum atomic E-state index is -0.174. The largest absolute Gasteiger partial charge is 0.507 e. The number of halogens is 1. The molecule has 3 nitrogen and oxygen atoms in total. The van der Waals surface area contributed by atoms with Crippen molar-refractivity contribution in [3.05, 3.63) is 48.7 Å². The molecule has 106 valence electrons. The summed E-state index contributed by atoms with van der Waals surface area (Å²) in [5, 5.41) is 12.6. The van der Waals surface area contributed by atoms with Gasteiger partial charge in [0.2, 0.25) is 0 Å². The van der Waals surface area contributed by atoms with Crippen LogP contribution in [-0.2, 0) is 0 Å². The maximum atomic E-state index is 12.2. The molecule has 1 atom stereocenters. The number of benzene rings is 1. The van der Waals surface area contributed by atoms with Gasteiger partial charge in [0, 0.05) is 15.3 Å². The van der Waals surface area contributed by atoms with Crippen LogP contribution in [0.15, 0.2) is 24.3 Å². The Kier molecular flexibility index (Phi) is 4.70. The molecule has 0 radical (unpaired) electrons. The zero-order chi connectivity index (χ0) is 14.9. The summed E-state index contributed by atoms with van der Waals surface area (Å²) in [7, 11) is 0. The standard InChI is InChI=1S/C15H16INO2S/c1-8-6-12(10(3)20-8)9(2)17-15(19)11-4-5-13(16)14(18)7-11/h4-7,9,18H,1-3H3,(H,17,19). The maximum Gasteiger partial charge on any atom is 0.251 e. The molecule has 2 aromatic rings. The Morgan fingerprint density at radius 2 is 2.05 bits per heavy atom. The number of phenolic OH excluding ortho intramolecular Hbond substituents is 1. The Hall–Kier alpha value is -1.08. The molecule has 0 aliphatic heterocycles. The van der Waals surface area contributed by atoms with Gasteiger partial charge in [0.15, 0.2) is 0 Å². The predicted octanol–water partition coefficient (Wildman–Crippen LogP) is 4.17. The molecule has 1 heterocycles. The average Bonchev–Trinajstić information content (AvgIpc) is 2.71. The van der Waals surface area contributed by atoms with E-state index in [0.29, 0.717) is 5.56 Å². The van der Waals surface area contributed by atoms with Gasteiger partial charge in [0.05, 0.1) is 9.61 Å². The number of nitrogens with one attached hydrogen (secondary N) is 1. The van der Waals surface area contributed by atoms with Crippen LogP contribution in [0.25, 0.3) is 0 Å². The summed E-state index contributed by atoms with van der Waals surface area (Å²) in [4.78, 5) is 14.7. The maximum absolute atomic E-state index is 12.2. The number of amides is 1. The number of hydrogen-bond donors (Lipinski definition) is 2. The highest BCUT2D eigenvalue weighted by Gasteiger charge is 2.15. The number of phenols is 1. The smallest absolute Gasteiger partial charge is 0.251 e. The molecule has 0 bridgehead atoms. The SMILES string of the molecule is Cc1cc(C(C)NC(=O)c2ccc(I)c(O)c2)c(C)s1. The number of aryl methyl sites for hydroxylation is 2. The molecule has 0 spiro atoms. The minimum Gasteiger partial charge on any atom is -0.507 e. The Morgan fingerprint density at radius 1 is 1.35 bits per heavy atom. The molecule has 0 aliphatic carbocycles. The van der Waals surface area contributed by atoms with E-state index in [1.165, 1.54) is 15.8 Å². The molecule has 0 aliphatic rings. The third kappa shape index (κ3) is 3.32. The molecule has 1 amide bonds. The van der Waals surface area contributed by atoms with Crippen LogP contribution in [0.3, 0.4) is 0 Å². The van der Waals surface area contributed by atoms with Gasteiger partial charge in [0.1, 0.15) is 5.75 Å². The van der Waals surface area contributed by atoms with E-state index in [1.54, 1.807) is 23.5 Å². The quantitative estimate of drug-likeness (QED) is 0.759. The van der Waals surface area contributed by atoms with E-state index < -0.39 is 0 Å². The predicted molar refractivity (Wildman–Crippen MR) is 90.5 cm³/mol. The second kappa shape index (κ2) is 6.13. The van der Waals surface area contributed by atoms with Gasteiger partial charge in [-0.15, -0.1) is 11.3 Å². The summed E-state index contributed by atoms with van der Waals surface area (Å²) in [6.45, 7) is 6.10. The number of carbonyl (C=O) groups is 1. The summed E-state index contributed by atoms with van der Waals surface area (Å²) in [6, 6.07) is 7.00. The van der Waals surface area contributed by atoms with E-state index in [-0.39, 0.29) is 17.7 Å². The highest BCUT2D eigenvalue weighted by atomic mass is 127. The van der Waals surface area contributed by atoms with Gasteiger partial charge >= 0.3 is 0 Å². The average molecular weight is 401 g/mol. The molecule has 1 aromatic carbocycles. The van der Waals surface area contributed by atoms with Crippen LogP contribution in [0.4, 0.5) is 0 Å². The van der Waals surface area contributed by atoms with Gasteiger partial charge in [-0.3, -0.25) is 4.79 Å². The van der Waals surface area contributed by atoms with Crippen molar-refractivity contribution in [3.63, 3.8) is 0 Å². The van der Waals surface area contributed by atoms with Gasteiger partial charge in [-0.1, -0.05) is 0 Å². The van der Waals surface area contributed by atoms with Crippen LogP contribution in [0, 0.1) is 17.4 Å². The highest BCUT2D eigenvalue weighted by Crippen LogP contribution is 2.26. The Morgan fingerprint density at radius 3 is 2.60 bits per heavy atom. The van der Waals surface area contributed by atoms with E-state index in [2.05, 4.69) is 25.2 Å². The second-order valence-corrected chi connectivity index (χ2v) is 7.35. The summed E-state index contributed by atoms with van der Waals surface area (Å²) in [6.07, 6.45) is 0. The molecule has 0 fully saturated rings. The van der Waals surface area contributed by atoms with Crippen molar-refractivity contribution in [1.29, 1.82) is 0 Å². The molecular weight excluding hydrogens is 385 g/mol. The van der Waals surface area contributed by atoms with Crippen molar-refractivity contribution >= 4 is 39.8 Å². The van der Waals surface area contributed by atoms with Crippen LogP contribution < -0.4 is 5.32 Å². The first-order valence-corrected chi connectivity index (χ1v) is 8.14. The van der Waals surface area contributed by atoms with Gasteiger partial charge < -0.3 is 10.4 Å². The topological polar surface area (TPSA) is 49.3 Å². The van der Waals surface area contributed by atoms with Crippen molar-refractivity contribution in [2.24, 2.45) is 0 Å². The Labute approximate surface area is 136 Å². The van der Waals surface area contributed by atoms with Crippen molar-refractivity contribution in [1.82, 2.24) is 5.32 Å². The summed E-state index contributed by atoms with van der Waals surface area (Å²) < 4.78 is 0.733. The molecule has 0 saturated carbocycles. The molecule has 1 aromatic heterocycles. The van der Waals surface area contributed by atoms with E-state index in [4.69, 9.17) is 0 Å². The van der Waals surface area contributed by atoms with Gasteiger partial charge in [-0.05, 0) is 73.2 Å². The van der Waals surface area contributed by atoms with E-state index >= 15 is 0 Å². The van der Waals surface area contributed by atoms with Gasteiger partial charge in [-0.25, -0.2) is 0 Å². The van der Waals surface area contributed by atoms with Gasteiger partial charge in [0.25, 0.3) is 5.91 Å². The summed E-state index contributed by atoms with van der Waals surface area (Å²) >= 11 is 3.76. The Bertz CT molecular complexity index is 651. The molecular formula is C15H16INO2S. The lowest BCUT2D eigenvalue weighted by Crippen LogP contribution is -2.26. The van der Waals surface area contributed by atoms with Crippen molar-refractivity contribution in [2.75, 3.05) is 0 Å². The lowest BCUT2D eigenvalue weighted by Gasteiger charge is -2.14. The molecule has 2 rings (SSSR count). The molecule has 5 heteroatoms. The van der Waals surface area contributed by atoms with Crippen LogP contribution in [0.5, 0.6) is 5.75 Å². The Balaban J connectivity index is 2.15. The number of rotatable bonds is 3. The number of hydrogen-bond acceptors (Lipinski definition) is 3. The normalized spacial score (nSPS) is 12.2. The van der Waals surface area contributed by atoms with Crippen LogP contribution in [0.1, 0.15) is 38.6 Å². The summed E-state index contributed by atoms with van der Waals surface area (Å²) in [5.41, 5.74) is 1.62. The van der Waals surface area contributed by atoms with Crippen molar-refractivity contribution < 1.29 is 9.90 Å². The van der Waals surface area contributed by atoms with E-state index in [1.807, 2.05) is 29.5 Å². The lowest BCUT2D eigenvalue weighted by atomic mass is 10.1. The zero-order valence-corrected chi connectivity index (χ0v) is 14.5. The number of aromatic hydroxyl groups is 1. The fraction of sp³-hybridized carbons (Fsp3) is 0.267.